The fourth-order valence-corrected chi connectivity index (χ4v) is 3.82. The highest BCUT2D eigenvalue weighted by atomic mass is 79.9. The summed E-state index contributed by atoms with van der Waals surface area (Å²) in [6.45, 7) is 0. The van der Waals surface area contributed by atoms with E-state index in [1.54, 1.807) is 36.4 Å². The van der Waals surface area contributed by atoms with Crippen LogP contribution in [-0.4, -0.2) is 11.6 Å². The molecule has 2 heterocycles. The molecule has 0 amide bonds. The van der Waals surface area contributed by atoms with Crippen molar-refractivity contribution in [1.29, 1.82) is 0 Å². The lowest BCUT2D eigenvalue weighted by molar-refractivity contribution is 0.0947. The molecule has 1 aliphatic carbocycles. The zero-order valence-electron chi connectivity index (χ0n) is 11.9. The molecule has 0 unspecified atom stereocenters. The molecule has 0 atom stereocenters. The molecule has 0 saturated carbocycles. The number of fused-ring (bicyclic) bond motifs is 6. The Kier molecular flexibility index (Phi) is 2.76. The van der Waals surface area contributed by atoms with Crippen LogP contribution in [-0.2, 0) is 0 Å². The predicted octanol–water partition coefficient (Wildman–Crippen LogP) is 5.48. The molecule has 2 aromatic carbocycles. The molecule has 4 aromatic rings. The molecule has 0 aliphatic heterocycles. The van der Waals surface area contributed by atoms with Crippen LogP contribution in [0.2, 0.25) is 0 Å². The first-order chi connectivity index (χ1) is 11.5. The van der Waals surface area contributed by atoms with Gasteiger partial charge in [0.2, 0.25) is 11.6 Å². The number of furan rings is 2. The lowest BCUT2D eigenvalue weighted by Crippen LogP contribution is -2.17. The molecule has 24 heavy (non-hydrogen) atoms. The average molecular weight is 446 g/mol. The Morgan fingerprint density at radius 3 is 1.50 bits per heavy atom. The second kappa shape index (κ2) is 4.68. The van der Waals surface area contributed by atoms with Crippen LogP contribution >= 0.6 is 31.9 Å². The van der Waals surface area contributed by atoms with Gasteiger partial charge in [-0.25, -0.2) is 0 Å². The van der Waals surface area contributed by atoms with E-state index in [1.165, 1.54) is 0 Å². The van der Waals surface area contributed by atoms with Crippen molar-refractivity contribution in [2.24, 2.45) is 0 Å². The van der Waals surface area contributed by atoms with E-state index in [9.17, 15) is 9.59 Å². The van der Waals surface area contributed by atoms with Crippen molar-refractivity contribution in [3.63, 3.8) is 0 Å². The van der Waals surface area contributed by atoms with Crippen LogP contribution in [0.4, 0.5) is 0 Å². The molecule has 0 bridgehead atoms. The molecular weight excluding hydrogens is 440 g/mol. The highest BCUT2D eigenvalue weighted by Gasteiger charge is 2.39. The van der Waals surface area contributed by atoms with Crippen LogP contribution in [0.15, 0.2) is 54.2 Å². The van der Waals surface area contributed by atoms with Crippen molar-refractivity contribution < 1.29 is 18.4 Å². The summed E-state index contributed by atoms with van der Waals surface area (Å²) in [6.07, 6.45) is 0. The van der Waals surface area contributed by atoms with Crippen LogP contribution in [0.25, 0.3) is 21.9 Å². The number of hydrogen-bond acceptors (Lipinski definition) is 4. The first kappa shape index (κ1) is 14.2. The minimum absolute atomic E-state index is 0.0752. The number of benzene rings is 2. The Labute approximate surface area is 151 Å². The quantitative estimate of drug-likeness (QED) is 0.316. The third-order valence-electron chi connectivity index (χ3n) is 4.17. The largest absolute Gasteiger partial charge is 0.452 e. The van der Waals surface area contributed by atoms with Gasteiger partial charge in [0, 0.05) is 19.7 Å². The van der Waals surface area contributed by atoms with Gasteiger partial charge < -0.3 is 8.83 Å². The van der Waals surface area contributed by atoms with E-state index in [1.807, 2.05) is 0 Å². The summed E-state index contributed by atoms with van der Waals surface area (Å²) in [5.74, 6) is -0.501. The fourth-order valence-electron chi connectivity index (χ4n) is 3.14. The topological polar surface area (TPSA) is 60.4 Å². The lowest BCUT2D eigenvalue weighted by atomic mass is 9.91. The van der Waals surface area contributed by atoms with Gasteiger partial charge in [-0.15, -0.1) is 0 Å². The van der Waals surface area contributed by atoms with E-state index in [4.69, 9.17) is 8.83 Å². The fraction of sp³-hybridized carbons (Fsp3) is 0. The summed E-state index contributed by atoms with van der Waals surface area (Å²) in [4.78, 5) is 25.9. The molecule has 6 heteroatoms. The zero-order chi connectivity index (χ0) is 16.6. The maximum Gasteiger partial charge on any atom is 0.233 e. The highest BCUT2D eigenvalue weighted by Crippen LogP contribution is 2.40. The third kappa shape index (κ3) is 1.72. The molecule has 0 fully saturated rings. The van der Waals surface area contributed by atoms with E-state index >= 15 is 0 Å². The first-order valence-electron chi connectivity index (χ1n) is 7.08. The van der Waals surface area contributed by atoms with Gasteiger partial charge in [-0.1, -0.05) is 31.9 Å². The maximum atomic E-state index is 12.9. The monoisotopic (exact) mass is 444 g/mol. The van der Waals surface area contributed by atoms with Gasteiger partial charge in [-0.3, -0.25) is 9.59 Å². The highest BCUT2D eigenvalue weighted by molar-refractivity contribution is 9.10. The van der Waals surface area contributed by atoms with Gasteiger partial charge >= 0.3 is 0 Å². The molecule has 0 N–H and O–H groups in total. The number of carbonyl (C=O) groups is 2. The summed E-state index contributed by atoms with van der Waals surface area (Å²) in [5, 5.41) is 1.22. The second-order valence-electron chi connectivity index (χ2n) is 5.55. The number of rotatable bonds is 0. The lowest BCUT2D eigenvalue weighted by Gasteiger charge is -2.07. The van der Waals surface area contributed by atoms with Crippen LogP contribution in [0.3, 0.4) is 0 Å². The van der Waals surface area contributed by atoms with Crippen molar-refractivity contribution in [3.8, 4) is 0 Å². The van der Waals surface area contributed by atoms with E-state index in [0.717, 1.165) is 8.95 Å². The molecule has 5 rings (SSSR count). The minimum Gasteiger partial charge on any atom is -0.452 e. The van der Waals surface area contributed by atoms with Gasteiger partial charge in [-0.2, -0.15) is 0 Å². The zero-order valence-corrected chi connectivity index (χ0v) is 15.0. The molecule has 0 saturated heterocycles. The Bertz CT molecular complexity index is 1120. The van der Waals surface area contributed by atoms with Gasteiger partial charge in [0.05, 0.1) is 11.1 Å². The average Bonchev–Trinajstić information content (AvgIpc) is 3.10. The SMILES string of the molecule is O=C1c2oc3cc(Br)ccc3c2C(=O)c2oc3cc(Br)ccc3c21. The molecule has 4 nitrogen and oxygen atoms in total. The molecule has 2 aromatic heterocycles. The molecule has 0 spiro atoms. The second-order valence-corrected chi connectivity index (χ2v) is 7.38. The summed E-state index contributed by atoms with van der Waals surface area (Å²) >= 11 is 6.73. The van der Waals surface area contributed by atoms with E-state index in [-0.39, 0.29) is 34.2 Å². The standard InChI is InChI=1S/C18H6Br2O4/c19-7-1-3-9-11(5-7)23-17-13(9)15(21)18-14(16(17)22)10-4-2-8(20)6-12(10)24-18/h1-6H. The van der Waals surface area contributed by atoms with Crippen LogP contribution in [0.1, 0.15) is 32.2 Å². The Morgan fingerprint density at radius 2 is 1.08 bits per heavy atom. The number of halogens is 2. The van der Waals surface area contributed by atoms with E-state index in [2.05, 4.69) is 31.9 Å². The minimum atomic E-state index is -0.326. The van der Waals surface area contributed by atoms with Gasteiger partial charge in [0.1, 0.15) is 11.2 Å². The molecular formula is C18H6Br2O4. The van der Waals surface area contributed by atoms with Crippen molar-refractivity contribution >= 4 is 65.4 Å². The smallest absolute Gasteiger partial charge is 0.233 e. The van der Waals surface area contributed by atoms with Crippen LogP contribution < -0.4 is 0 Å². The van der Waals surface area contributed by atoms with E-state index in [0.29, 0.717) is 21.9 Å². The summed E-state index contributed by atoms with van der Waals surface area (Å²) in [6, 6.07) is 10.6. The van der Waals surface area contributed by atoms with Crippen molar-refractivity contribution in [2.75, 3.05) is 0 Å². The van der Waals surface area contributed by atoms with Gasteiger partial charge in [0.25, 0.3) is 0 Å². The van der Waals surface area contributed by atoms with Gasteiger partial charge in [0.15, 0.2) is 11.5 Å². The van der Waals surface area contributed by atoms with Crippen molar-refractivity contribution in [3.05, 3.63) is 68.0 Å². The summed E-state index contributed by atoms with van der Waals surface area (Å²) in [5.41, 5.74) is 1.53. The maximum absolute atomic E-state index is 12.9. The van der Waals surface area contributed by atoms with Gasteiger partial charge in [-0.05, 0) is 36.4 Å². The molecule has 116 valence electrons. The molecule has 1 aliphatic rings. The summed E-state index contributed by atoms with van der Waals surface area (Å²) in [7, 11) is 0. The number of ketones is 2. The van der Waals surface area contributed by atoms with Crippen LogP contribution in [0.5, 0.6) is 0 Å². The summed E-state index contributed by atoms with van der Waals surface area (Å²) < 4.78 is 13.0. The Hall–Kier alpha value is -2.18. The number of carbonyl (C=O) groups excluding carboxylic acids is 2. The Morgan fingerprint density at radius 1 is 0.667 bits per heavy atom. The Balaban J connectivity index is 1.88. The van der Waals surface area contributed by atoms with Crippen LogP contribution in [0, 0.1) is 0 Å². The molecule has 0 radical (unpaired) electrons. The van der Waals surface area contributed by atoms with E-state index < -0.39 is 0 Å². The van der Waals surface area contributed by atoms with Crippen molar-refractivity contribution in [1.82, 2.24) is 0 Å². The third-order valence-corrected chi connectivity index (χ3v) is 5.16. The predicted molar refractivity (Wildman–Crippen MR) is 94.7 cm³/mol. The normalized spacial score (nSPS) is 13.6. The number of hydrogen-bond donors (Lipinski definition) is 0. The first-order valence-corrected chi connectivity index (χ1v) is 8.66. The van der Waals surface area contributed by atoms with Crippen molar-refractivity contribution in [2.45, 2.75) is 0 Å².